The summed E-state index contributed by atoms with van der Waals surface area (Å²) in [5.41, 5.74) is 14.1. The molecule has 3 aromatic rings. The van der Waals surface area contributed by atoms with Gasteiger partial charge >= 0.3 is 5.97 Å². The topological polar surface area (TPSA) is 124 Å². The summed E-state index contributed by atoms with van der Waals surface area (Å²) < 4.78 is 2.05. The summed E-state index contributed by atoms with van der Waals surface area (Å²) >= 11 is 0. The van der Waals surface area contributed by atoms with Crippen LogP contribution in [-0.4, -0.2) is 40.8 Å². The number of hydrogen-bond acceptors (Lipinski definition) is 5. The van der Waals surface area contributed by atoms with Gasteiger partial charge < -0.3 is 24.9 Å². The number of nitrogens with one attached hydrogen (secondary N) is 1. The molecule has 8 heteroatoms. The predicted molar refractivity (Wildman–Crippen MR) is 174 cm³/mol. The standard InChI is InChI=1S/C35H36N4O4/c1-8-22-18(3)26-14-30-23(9-2)19(4)28(38-30)16-32-21(6)25(11-13-35(42)43)33(39(32)7)17-31-24(10-12-34(40)41)20(5)27(37-31)15-29(22)36-26/h8-9,13-17,36,42-43H,1-2,10-12H2,3-7H3,(H,40,41). The summed E-state index contributed by atoms with van der Waals surface area (Å²) in [7, 11) is 1.96. The SMILES string of the molecule is C=CC1=C(C)c2cc3c(C)c(CC=C(O)O)c(cc4nc(cc5[nH]c(cc1n2)c(C)c5C=C)C(C)=C4CCC(=O)O)n3C. The summed E-state index contributed by atoms with van der Waals surface area (Å²) in [6.45, 7) is 16.2. The van der Waals surface area contributed by atoms with Gasteiger partial charge in [-0.15, -0.1) is 0 Å². The highest BCUT2D eigenvalue weighted by Crippen LogP contribution is 2.37. The van der Waals surface area contributed by atoms with Crippen molar-refractivity contribution in [1.29, 1.82) is 0 Å². The van der Waals surface area contributed by atoms with E-state index in [2.05, 4.69) is 22.7 Å². The van der Waals surface area contributed by atoms with Crippen LogP contribution in [0.2, 0.25) is 0 Å². The fourth-order valence-corrected chi connectivity index (χ4v) is 6.02. The molecule has 3 aromatic heterocycles. The molecule has 2 aliphatic heterocycles. The number of aromatic amines is 1. The van der Waals surface area contributed by atoms with Gasteiger partial charge in [-0.3, -0.25) is 4.79 Å². The Kier molecular flexibility index (Phi) is 7.71. The molecule has 0 amide bonds. The molecule has 5 rings (SSSR count). The molecule has 43 heavy (non-hydrogen) atoms. The van der Waals surface area contributed by atoms with E-state index >= 15 is 0 Å². The first-order chi connectivity index (χ1) is 20.4. The van der Waals surface area contributed by atoms with E-state index in [9.17, 15) is 20.1 Å². The van der Waals surface area contributed by atoms with Gasteiger partial charge in [0, 0.05) is 52.7 Å². The second-order valence-corrected chi connectivity index (χ2v) is 11.0. The first-order valence-corrected chi connectivity index (χ1v) is 14.1. The Balaban J connectivity index is 2.00. The number of aryl methyl sites for hydroxylation is 3. The number of carbonyl (C=O) groups is 1. The van der Waals surface area contributed by atoms with Gasteiger partial charge in [-0.25, -0.2) is 9.97 Å². The lowest BCUT2D eigenvalue weighted by atomic mass is 10.0. The fraction of sp³-hybridized carbons (Fsp3) is 0.229. The highest BCUT2D eigenvalue weighted by molar-refractivity contribution is 5.98. The lowest BCUT2D eigenvalue weighted by molar-refractivity contribution is -0.136. The van der Waals surface area contributed by atoms with E-state index in [0.717, 1.165) is 83.7 Å². The first kappa shape index (κ1) is 29.4. The van der Waals surface area contributed by atoms with E-state index in [1.165, 1.54) is 6.08 Å². The molecular weight excluding hydrogens is 540 g/mol. The molecule has 0 saturated heterocycles. The quantitative estimate of drug-likeness (QED) is 0.211. The normalized spacial score (nSPS) is 13.0. The lowest BCUT2D eigenvalue weighted by Crippen LogP contribution is -1.96. The summed E-state index contributed by atoms with van der Waals surface area (Å²) in [6, 6.07) is 8.02. The molecule has 0 radical (unpaired) electrons. The molecule has 0 aromatic carbocycles. The molecule has 0 spiro atoms. The Labute approximate surface area is 250 Å². The van der Waals surface area contributed by atoms with E-state index < -0.39 is 11.9 Å². The minimum absolute atomic E-state index is 0.0275. The van der Waals surface area contributed by atoms with Gasteiger partial charge in [-0.1, -0.05) is 25.3 Å². The van der Waals surface area contributed by atoms with Gasteiger partial charge in [0.05, 0.1) is 22.8 Å². The monoisotopic (exact) mass is 576 g/mol. The number of carboxylic acid groups (broad SMARTS) is 1. The third kappa shape index (κ3) is 5.20. The van der Waals surface area contributed by atoms with E-state index in [4.69, 9.17) is 9.97 Å². The average Bonchev–Trinajstić information content (AvgIpc) is 3.59. The number of aromatic nitrogens is 4. The van der Waals surface area contributed by atoms with Crippen molar-refractivity contribution < 1.29 is 20.1 Å². The molecule has 0 fully saturated rings. The zero-order chi connectivity index (χ0) is 31.2. The third-order valence-electron chi connectivity index (χ3n) is 8.52. The van der Waals surface area contributed by atoms with E-state index in [0.29, 0.717) is 12.1 Å². The molecule has 5 heterocycles. The number of aliphatic carboxylic acids is 1. The van der Waals surface area contributed by atoms with E-state index in [-0.39, 0.29) is 12.8 Å². The molecular formula is C35H36N4O4. The Morgan fingerprint density at radius 3 is 2.16 bits per heavy atom. The van der Waals surface area contributed by atoms with Gasteiger partial charge in [-0.05, 0) is 98.2 Å². The summed E-state index contributed by atoms with van der Waals surface area (Å²) in [6.07, 6.45) is 5.58. The maximum atomic E-state index is 11.6. The van der Waals surface area contributed by atoms with Gasteiger partial charge in [0.1, 0.15) is 0 Å². The molecule has 8 nitrogen and oxygen atoms in total. The van der Waals surface area contributed by atoms with Crippen LogP contribution >= 0.6 is 0 Å². The van der Waals surface area contributed by atoms with Crippen LogP contribution in [0.25, 0.3) is 50.4 Å². The van der Waals surface area contributed by atoms with Crippen LogP contribution in [0.3, 0.4) is 0 Å². The fourth-order valence-electron chi connectivity index (χ4n) is 6.02. The Hall–Kier alpha value is -5.11. The van der Waals surface area contributed by atoms with Gasteiger partial charge in [0.15, 0.2) is 0 Å². The third-order valence-corrected chi connectivity index (χ3v) is 8.52. The molecule has 0 saturated carbocycles. The minimum atomic E-state index is -0.879. The lowest BCUT2D eigenvalue weighted by Gasteiger charge is -2.04. The Bertz CT molecular complexity index is 1980. The van der Waals surface area contributed by atoms with Crippen LogP contribution in [0.1, 0.15) is 71.7 Å². The summed E-state index contributed by atoms with van der Waals surface area (Å²) in [4.78, 5) is 25.2. The van der Waals surface area contributed by atoms with Gasteiger partial charge in [0.2, 0.25) is 0 Å². The molecule has 2 aliphatic rings. The molecule has 0 atom stereocenters. The number of H-pyrrole nitrogens is 1. The Morgan fingerprint density at radius 1 is 0.860 bits per heavy atom. The zero-order valence-corrected chi connectivity index (χ0v) is 25.2. The van der Waals surface area contributed by atoms with Crippen LogP contribution in [0.4, 0.5) is 0 Å². The smallest absolute Gasteiger partial charge is 0.303 e. The molecule has 4 N–H and O–H groups in total. The predicted octanol–water partition coefficient (Wildman–Crippen LogP) is 8.00. The van der Waals surface area contributed by atoms with Crippen LogP contribution in [0.15, 0.2) is 55.5 Å². The molecule has 8 bridgehead atoms. The van der Waals surface area contributed by atoms with Crippen LogP contribution in [0.5, 0.6) is 0 Å². The van der Waals surface area contributed by atoms with Crippen molar-refractivity contribution in [2.45, 2.75) is 47.0 Å². The highest BCUT2D eigenvalue weighted by atomic mass is 16.5. The number of carboxylic acids is 1. The summed E-state index contributed by atoms with van der Waals surface area (Å²) in [5.74, 6) is -1.63. The zero-order valence-electron chi connectivity index (χ0n) is 25.2. The number of rotatable bonds is 7. The maximum Gasteiger partial charge on any atom is 0.303 e. The van der Waals surface area contributed by atoms with Crippen molar-refractivity contribution in [1.82, 2.24) is 19.5 Å². The largest absolute Gasteiger partial charge is 0.481 e. The number of aliphatic hydroxyl groups excluding tert-OH is 1. The molecule has 0 aliphatic carbocycles. The maximum absolute atomic E-state index is 11.6. The average molecular weight is 577 g/mol. The number of nitrogens with zero attached hydrogens (tertiary/aromatic N) is 3. The van der Waals surface area contributed by atoms with Crippen molar-refractivity contribution in [2.24, 2.45) is 7.05 Å². The number of fused-ring (bicyclic) bond motifs is 8. The molecule has 0 unspecified atom stereocenters. The highest BCUT2D eigenvalue weighted by Gasteiger charge is 2.21. The van der Waals surface area contributed by atoms with Gasteiger partial charge in [-0.2, -0.15) is 0 Å². The van der Waals surface area contributed by atoms with Gasteiger partial charge in [0.25, 0.3) is 5.95 Å². The number of hydrogen-bond donors (Lipinski definition) is 4. The van der Waals surface area contributed by atoms with E-state index in [1.807, 2.05) is 71.2 Å². The van der Waals surface area contributed by atoms with Crippen molar-refractivity contribution in [2.75, 3.05) is 0 Å². The van der Waals surface area contributed by atoms with Crippen LogP contribution in [-0.2, 0) is 18.3 Å². The Morgan fingerprint density at radius 2 is 1.51 bits per heavy atom. The second kappa shape index (κ2) is 11.3. The van der Waals surface area contributed by atoms with Crippen LogP contribution in [0, 0.1) is 13.8 Å². The van der Waals surface area contributed by atoms with Crippen molar-refractivity contribution in [3.63, 3.8) is 0 Å². The molecule has 220 valence electrons. The van der Waals surface area contributed by atoms with E-state index in [1.54, 1.807) is 0 Å². The number of allylic oxidation sites excluding steroid dienone is 6. The second-order valence-electron chi connectivity index (χ2n) is 11.0. The van der Waals surface area contributed by atoms with Crippen molar-refractivity contribution in [3.05, 3.63) is 101 Å². The summed E-state index contributed by atoms with van der Waals surface area (Å²) in [5, 5.41) is 28.7. The van der Waals surface area contributed by atoms with Crippen molar-refractivity contribution >= 4 is 56.4 Å². The minimum Gasteiger partial charge on any atom is -0.481 e. The first-order valence-electron chi connectivity index (χ1n) is 14.1. The van der Waals surface area contributed by atoms with Crippen LogP contribution < -0.4 is 0 Å². The van der Waals surface area contributed by atoms with Crippen molar-refractivity contribution in [3.8, 4) is 0 Å². The number of aliphatic hydroxyl groups is 2.